The van der Waals surface area contributed by atoms with Crippen LogP contribution in [-0.4, -0.2) is 42.7 Å². The summed E-state index contributed by atoms with van der Waals surface area (Å²) in [4.78, 5) is 16.4. The maximum absolute atomic E-state index is 12.1. The molecule has 0 radical (unpaired) electrons. The predicted molar refractivity (Wildman–Crippen MR) is 119 cm³/mol. The van der Waals surface area contributed by atoms with E-state index in [9.17, 15) is 9.90 Å². The van der Waals surface area contributed by atoms with Crippen molar-refractivity contribution in [1.29, 1.82) is 0 Å². The number of likely N-dealkylation sites (tertiary alicyclic amines) is 1. The van der Waals surface area contributed by atoms with Crippen molar-refractivity contribution in [1.82, 2.24) is 4.90 Å². The molecule has 2 atom stereocenters. The third-order valence-corrected chi connectivity index (χ3v) is 6.00. The van der Waals surface area contributed by atoms with Crippen LogP contribution in [0.2, 0.25) is 0 Å². The normalized spacial score (nSPS) is 18.5. The molecule has 1 aliphatic heterocycles. The average Bonchev–Trinajstić information content (AvgIpc) is 2.75. The minimum Gasteiger partial charge on any atom is -0.480 e. The number of hydrogen-bond donors (Lipinski definition) is 1. The quantitative estimate of drug-likeness (QED) is 0.673. The lowest BCUT2D eigenvalue weighted by molar-refractivity contribution is -0.145. The number of carboxylic acid groups (broad SMARTS) is 1. The Morgan fingerprint density at radius 1 is 1.00 bits per heavy atom. The molecule has 1 N–H and O–H groups in total. The second-order valence-corrected chi connectivity index (χ2v) is 8.04. The van der Waals surface area contributed by atoms with Gasteiger partial charge in [0.25, 0.3) is 0 Å². The summed E-state index contributed by atoms with van der Waals surface area (Å²) in [5.74, 6) is -0.722. The fourth-order valence-corrected chi connectivity index (χ4v) is 4.52. The molecule has 3 aromatic rings. The Kier molecular flexibility index (Phi) is 5.54. The van der Waals surface area contributed by atoms with Gasteiger partial charge < -0.3 is 10.0 Å². The molecule has 150 valence electrons. The van der Waals surface area contributed by atoms with Gasteiger partial charge in [-0.3, -0.25) is 9.69 Å². The number of rotatable bonds is 5. The van der Waals surface area contributed by atoms with Crippen LogP contribution in [-0.2, 0) is 4.79 Å². The van der Waals surface area contributed by atoms with E-state index in [0.29, 0.717) is 6.42 Å². The Morgan fingerprint density at radius 2 is 1.72 bits per heavy atom. The Balaban J connectivity index is 1.87. The highest BCUT2D eigenvalue weighted by Crippen LogP contribution is 2.38. The summed E-state index contributed by atoms with van der Waals surface area (Å²) >= 11 is 0. The highest BCUT2D eigenvalue weighted by molar-refractivity contribution is 5.86. The summed E-state index contributed by atoms with van der Waals surface area (Å²) in [6.07, 6.45) is 2.70. The maximum Gasteiger partial charge on any atom is 0.320 e. The lowest BCUT2D eigenvalue weighted by Crippen LogP contribution is -2.46. The number of piperidine rings is 1. The molecule has 0 aromatic heterocycles. The Bertz CT molecular complexity index is 992. The van der Waals surface area contributed by atoms with E-state index < -0.39 is 12.0 Å². The lowest BCUT2D eigenvalue weighted by Gasteiger charge is -2.40. The number of hydrogen-bond acceptors (Lipinski definition) is 3. The molecule has 0 aliphatic carbocycles. The smallest absolute Gasteiger partial charge is 0.320 e. The van der Waals surface area contributed by atoms with Crippen molar-refractivity contribution in [3.05, 3.63) is 77.9 Å². The molecule has 1 aliphatic rings. The number of aliphatic carboxylic acids is 1. The van der Waals surface area contributed by atoms with E-state index in [1.807, 2.05) is 20.2 Å². The summed E-state index contributed by atoms with van der Waals surface area (Å²) < 4.78 is 0. The molecule has 0 spiro atoms. The van der Waals surface area contributed by atoms with Gasteiger partial charge >= 0.3 is 5.97 Å². The van der Waals surface area contributed by atoms with Gasteiger partial charge in [-0.05, 0) is 53.4 Å². The van der Waals surface area contributed by atoms with Gasteiger partial charge in [0.05, 0.1) is 6.04 Å². The molecular formula is C25H28N2O2. The fraction of sp³-hybridized carbons (Fsp3) is 0.320. The van der Waals surface area contributed by atoms with Gasteiger partial charge in [-0.25, -0.2) is 0 Å². The molecule has 1 heterocycles. The standard InChI is InChI=1S/C25H28N2O2/c1-26(2)20-15-13-19(14-16-20)24(27-17-6-5-12-23(27)25(28)29)22-11-7-9-18-8-3-4-10-21(18)22/h3-4,7-11,13-16,23-24H,5-6,12,17H2,1-2H3,(H,28,29). The first kappa shape index (κ1) is 19.5. The first-order valence-electron chi connectivity index (χ1n) is 10.3. The van der Waals surface area contributed by atoms with Gasteiger partial charge in [0, 0.05) is 19.8 Å². The summed E-state index contributed by atoms with van der Waals surface area (Å²) in [6, 6.07) is 22.7. The van der Waals surface area contributed by atoms with Crippen LogP contribution >= 0.6 is 0 Å². The summed E-state index contributed by atoms with van der Waals surface area (Å²) in [7, 11) is 4.06. The van der Waals surface area contributed by atoms with Crippen LogP contribution in [0, 0.1) is 0 Å². The monoisotopic (exact) mass is 388 g/mol. The molecule has 0 amide bonds. The minimum atomic E-state index is -0.722. The number of fused-ring (bicyclic) bond motifs is 1. The zero-order chi connectivity index (χ0) is 20.4. The number of anilines is 1. The number of carboxylic acids is 1. The number of carbonyl (C=O) groups is 1. The SMILES string of the molecule is CN(C)c1ccc(C(c2cccc3ccccc23)N2CCCCC2C(=O)O)cc1. The van der Waals surface area contributed by atoms with E-state index in [0.717, 1.165) is 30.6 Å². The van der Waals surface area contributed by atoms with Gasteiger partial charge in [0.1, 0.15) is 6.04 Å². The van der Waals surface area contributed by atoms with Crippen molar-refractivity contribution in [2.24, 2.45) is 0 Å². The molecule has 1 fully saturated rings. The van der Waals surface area contributed by atoms with E-state index in [1.165, 1.54) is 16.3 Å². The van der Waals surface area contributed by atoms with Crippen molar-refractivity contribution in [3.63, 3.8) is 0 Å². The molecule has 0 bridgehead atoms. The highest BCUT2D eigenvalue weighted by Gasteiger charge is 2.35. The molecule has 2 unspecified atom stereocenters. The van der Waals surface area contributed by atoms with Gasteiger partial charge in [0.2, 0.25) is 0 Å². The van der Waals surface area contributed by atoms with E-state index in [1.54, 1.807) is 0 Å². The van der Waals surface area contributed by atoms with Crippen molar-refractivity contribution < 1.29 is 9.90 Å². The van der Waals surface area contributed by atoms with Crippen LogP contribution in [0.4, 0.5) is 5.69 Å². The first-order chi connectivity index (χ1) is 14.1. The molecule has 3 aromatic carbocycles. The molecule has 1 saturated heterocycles. The average molecular weight is 389 g/mol. The van der Waals surface area contributed by atoms with E-state index in [4.69, 9.17) is 0 Å². The zero-order valence-corrected chi connectivity index (χ0v) is 17.1. The minimum absolute atomic E-state index is 0.0845. The Labute approximate surface area is 172 Å². The fourth-order valence-electron chi connectivity index (χ4n) is 4.52. The van der Waals surface area contributed by atoms with Crippen LogP contribution in [0.5, 0.6) is 0 Å². The van der Waals surface area contributed by atoms with Crippen molar-refractivity contribution >= 4 is 22.4 Å². The van der Waals surface area contributed by atoms with E-state index >= 15 is 0 Å². The van der Waals surface area contributed by atoms with Gasteiger partial charge in [-0.2, -0.15) is 0 Å². The van der Waals surface area contributed by atoms with Crippen LogP contribution in [0.1, 0.15) is 36.4 Å². The molecule has 4 nitrogen and oxygen atoms in total. The van der Waals surface area contributed by atoms with E-state index in [-0.39, 0.29) is 6.04 Å². The summed E-state index contributed by atoms with van der Waals surface area (Å²) in [5, 5.41) is 12.3. The summed E-state index contributed by atoms with van der Waals surface area (Å²) in [5.41, 5.74) is 3.45. The maximum atomic E-state index is 12.1. The van der Waals surface area contributed by atoms with Crippen LogP contribution in [0.3, 0.4) is 0 Å². The summed E-state index contributed by atoms with van der Waals surface area (Å²) in [6.45, 7) is 0.792. The topological polar surface area (TPSA) is 43.8 Å². The molecule has 4 heteroatoms. The molecule has 4 rings (SSSR count). The molecule has 0 saturated carbocycles. The zero-order valence-electron chi connectivity index (χ0n) is 17.1. The Hall–Kier alpha value is -2.85. The second kappa shape index (κ2) is 8.26. The van der Waals surface area contributed by atoms with Crippen LogP contribution in [0.15, 0.2) is 66.7 Å². The lowest BCUT2D eigenvalue weighted by atomic mass is 9.89. The van der Waals surface area contributed by atoms with Gasteiger partial charge in [-0.15, -0.1) is 0 Å². The van der Waals surface area contributed by atoms with Crippen molar-refractivity contribution in [2.45, 2.75) is 31.3 Å². The van der Waals surface area contributed by atoms with Crippen LogP contribution < -0.4 is 4.90 Å². The third-order valence-electron chi connectivity index (χ3n) is 6.00. The van der Waals surface area contributed by atoms with Crippen molar-refractivity contribution in [2.75, 3.05) is 25.5 Å². The number of benzene rings is 3. The largest absolute Gasteiger partial charge is 0.480 e. The van der Waals surface area contributed by atoms with Gasteiger partial charge in [0.15, 0.2) is 0 Å². The molecule has 29 heavy (non-hydrogen) atoms. The highest BCUT2D eigenvalue weighted by atomic mass is 16.4. The number of nitrogens with zero attached hydrogens (tertiary/aromatic N) is 2. The van der Waals surface area contributed by atoms with E-state index in [2.05, 4.69) is 70.5 Å². The van der Waals surface area contributed by atoms with Crippen LogP contribution in [0.25, 0.3) is 10.8 Å². The van der Waals surface area contributed by atoms with Gasteiger partial charge in [-0.1, -0.05) is 61.0 Å². The molecular weight excluding hydrogens is 360 g/mol. The predicted octanol–water partition coefficient (Wildman–Crippen LogP) is 4.93. The second-order valence-electron chi connectivity index (χ2n) is 8.04. The van der Waals surface area contributed by atoms with Crippen molar-refractivity contribution in [3.8, 4) is 0 Å². The first-order valence-corrected chi connectivity index (χ1v) is 10.3. The third kappa shape index (κ3) is 3.85. The Morgan fingerprint density at radius 3 is 2.45 bits per heavy atom.